The van der Waals surface area contributed by atoms with Crippen LogP contribution in [0.2, 0.25) is 0 Å². The second-order valence-electron chi connectivity index (χ2n) is 5.25. The van der Waals surface area contributed by atoms with Crippen LogP contribution in [0.5, 0.6) is 0 Å². The van der Waals surface area contributed by atoms with E-state index in [9.17, 15) is 4.39 Å². The molecule has 0 saturated heterocycles. The van der Waals surface area contributed by atoms with E-state index < -0.39 is 0 Å². The molecule has 0 aliphatic carbocycles. The fourth-order valence-corrected chi connectivity index (χ4v) is 2.79. The molecule has 0 spiro atoms. The van der Waals surface area contributed by atoms with E-state index >= 15 is 0 Å². The average Bonchev–Trinajstić information content (AvgIpc) is 2.32. The molecule has 0 radical (unpaired) electrons. The Morgan fingerprint density at radius 1 is 1.33 bits per heavy atom. The van der Waals surface area contributed by atoms with Crippen molar-refractivity contribution in [2.45, 2.75) is 40.0 Å². The van der Waals surface area contributed by atoms with Crippen molar-refractivity contribution in [2.75, 3.05) is 13.1 Å². The van der Waals surface area contributed by atoms with Gasteiger partial charge in [-0.1, -0.05) is 43.1 Å². The van der Waals surface area contributed by atoms with Gasteiger partial charge in [-0.3, -0.25) is 0 Å². The van der Waals surface area contributed by atoms with Crippen LogP contribution in [-0.4, -0.2) is 13.1 Å². The lowest BCUT2D eigenvalue weighted by Gasteiger charge is -2.30. The van der Waals surface area contributed by atoms with Gasteiger partial charge in [0, 0.05) is 11.0 Å². The first-order valence-electron chi connectivity index (χ1n) is 6.65. The number of benzene rings is 1. The van der Waals surface area contributed by atoms with Crippen molar-refractivity contribution in [2.24, 2.45) is 5.41 Å². The van der Waals surface area contributed by atoms with Crippen molar-refractivity contribution in [3.05, 3.63) is 34.1 Å². The number of nitrogens with one attached hydrogen (secondary N) is 1. The van der Waals surface area contributed by atoms with Gasteiger partial charge in [0.25, 0.3) is 0 Å². The van der Waals surface area contributed by atoms with Crippen LogP contribution < -0.4 is 5.32 Å². The second-order valence-corrected chi connectivity index (χ2v) is 6.11. The molecule has 0 aliphatic heterocycles. The fraction of sp³-hybridized carbons (Fsp3) is 0.600. The summed E-state index contributed by atoms with van der Waals surface area (Å²) >= 11 is 3.52. The third-order valence-corrected chi connectivity index (χ3v) is 4.05. The van der Waals surface area contributed by atoms with Gasteiger partial charge in [0.1, 0.15) is 5.82 Å². The van der Waals surface area contributed by atoms with E-state index in [2.05, 4.69) is 42.0 Å². The molecule has 102 valence electrons. The lowest BCUT2D eigenvalue weighted by atomic mass is 9.79. The first-order chi connectivity index (χ1) is 8.50. The van der Waals surface area contributed by atoms with Crippen LogP contribution in [0.4, 0.5) is 4.39 Å². The Morgan fingerprint density at radius 2 is 2.06 bits per heavy atom. The zero-order chi connectivity index (χ0) is 13.6. The molecule has 0 saturated carbocycles. The molecule has 1 aromatic carbocycles. The molecule has 1 atom stereocenters. The van der Waals surface area contributed by atoms with Gasteiger partial charge in [0.15, 0.2) is 0 Å². The summed E-state index contributed by atoms with van der Waals surface area (Å²) in [6, 6.07) is 4.93. The maximum atomic E-state index is 13.3. The van der Waals surface area contributed by atoms with E-state index in [0.29, 0.717) is 0 Å². The Balaban J connectivity index is 2.84. The van der Waals surface area contributed by atoms with Crippen LogP contribution in [0.15, 0.2) is 22.7 Å². The van der Waals surface area contributed by atoms with Crippen LogP contribution in [0.25, 0.3) is 0 Å². The highest BCUT2D eigenvalue weighted by molar-refractivity contribution is 9.10. The Morgan fingerprint density at radius 3 is 2.67 bits per heavy atom. The number of hydrogen-bond donors (Lipinski definition) is 1. The SMILES string of the molecule is CCCC(C)(CNCC)Cc1cc(F)ccc1Br. The van der Waals surface area contributed by atoms with Gasteiger partial charge in [-0.05, 0) is 48.6 Å². The normalized spacial score (nSPS) is 14.5. The average molecular weight is 316 g/mol. The second kappa shape index (κ2) is 7.25. The quantitative estimate of drug-likeness (QED) is 0.778. The molecule has 1 unspecified atom stereocenters. The van der Waals surface area contributed by atoms with E-state index in [4.69, 9.17) is 0 Å². The van der Waals surface area contributed by atoms with Crippen molar-refractivity contribution >= 4 is 15.9 Å². The molecule has 1 N–H and O–H groups in total. The Labute approximate surface area is 118 Å². The minimum atomic E-state index is -0.157. The molecular weight excluding hydrogens is 293 g/mol. The van der Waals surface area contributed by atoms with Crippen LogP contribution in [0.3, 0.4) is 0 Å². The molecule has 0 aromatic heterocycles. The molecule has 0 bridgehead atoms. The highest BCUT2D eigenvalue weighted by atomic mass is 79.9. The minimum absolute atomic E-state index is 0.157. The van der Waals surface area contributed by atoms with E-state index in [1.54, 1.807) is 12.1 Å². The molecule has 1 rings (SSSR count). The van der Waals surface area contributed by atoms with Gasteiger partial charge in [0.2, 0.25) is 0 Å². The Kier molecular flexibility index (Phi) is 6.30. The molecule has 0 amide bonds. The van der Waals surface area contributed by atoms with Gasteiger partial charge in [0.05, 0.1) is 0 Å². The number of halogens is 2. The largest absolute Gasteiger partial charge is 0.316 e. The molecule has 1 nitrogen and oxygen atoms in total. The van der Waals surface area contributed by atoms with E-state index in [1.807, 2.05) is 0 Å². The first kappa shape index (κ1) is 15.6. The summed E-state index contributed by atoms with van der Waals surface area (Å²) in [5, 5.41) is 3.42. The zero-order valence-electron chi connectivity index (χ0n) is 11.5. The molecule has 0 heterocycles. The summed E-state index contributed by atoms with van der Waals surface area (Å²) in [7, 11) is 0. The number of hydrogen-bond acceptors (Lipinski definition) is 1. The Hall–Kier alpha value is -0.410. The van der Waals surface area contributed by atoms with Crippen LogP contribution in [0, 0.1) is 11.2 Å². The summed E-state index contributed by atoms with van der Waals surface area (Å²) in [5.41, 5.74) is 1.24. The van der Waals surface area contributed by atoms with E-state index in [0.717, 1.165) is 42.4 Å². The van der Waals surface area contributed by atoms with E-state index in [1.165, 1.54) is 6.07 Å². The van der Waals surface area contributed by atoms with Gasteiger partial charge < -0.3 is 5.32 Å². The third-order valence-electron chi connectivity index (χ3n) is 3.28. The van der Waals surface area contributed by atoms with Crippen LogP contribution in [-0.2, 0) is 6.42 Å². The van der Waals surface area contributed by atoms with Crippen molar-refractivity contribution < 1.29 is 4.39 Å². The summed E-state index contributed by atoms with van der Waals surface area (Å²) in [6.07, 6.45) is 3.18. The molecule has 0 aliphatic rings. The predicted octanol–water partition coefficient (Wildman–Crippen LogP) is 4.55. The Bertz CT molecular complexity index is 381. The third kappa shape index (κ3) is 4.69. The highest BCUT2D eigenvalue weighted by Gasteiger charge is 2.24. The van der Waals surface area contributed by atoms with Crippen molar-refractivity contribution in [1.82, 2.24) is 5.32 Å². The maximum Gasteiger partial charge on any atom is 0.123 e. The lowest BCUT2D eigenvalue weighted by Crippen LogP contribution is -2.33. The van der Waals surface area contributed by atoms with Crippen LogP contribution >= 0.6 is 15.9 Å². The standard InChI is InChI=1S/C15H23BrFN/c1-4-8-15(3,11-18-5-2)10-12-9-13(17)6-7-14(12)16/h6-7,9,18H,4-5,8,10-11H2,1-3H3. The van der Waals surface area contributed by atoms with Crippen molar-refractivity contribution in [3.8, 4) is 0 Å². The summed E-state index contributed by atoms with van der Waals surface area (Å²) in [5.74, 6) is -0.157. The number of rotatable bonds is 7. The van der Waals surface area contributed by atoms with Gasteiger partial charge in [-0.2, -0.15) is 0 Å². The fourth-order valence-electron chi connectivity index (χ4n) is 2.41. The summed E-state index contributed by atoms with van der Waals surface area (Å²) < 4.78 is 14.3. The maximum absolute atomic E-state index is 13.3. The van der Waals surface area contributed by atoms with Gasteiger partial charge in [-0.15, -0.1) is 0 Å². The van der Waals surface area contributed by atoms with Crippen molar-refractivity contribution in [1.29, 1.82) is 0 Å². The smallest absolute Gasteiger partial charge is 0.123 e. The molecule has 3 heteroatoms. The van der Waals surface area contributed by atoms with Crippen LogP contribution in [0.1, 0.15) is 39.2 Å². The summed E-state index contributed by atoms with van der Waals surface area (Å²) in [4.78, 5) is 0. The topological polar surface area (TPSA) is 12.0 Å². The predicted molar refractivity (Wildman–Crippen MR) is 79.4 cm³/mol. The van der Waals surface area contributed by atoms with Crippen molar-refractivity contribution in [3.63, 3.8) is 0 Å². The first-order valence-corrected chi connectivity index (χ1v) is 7.44. The minimum Gasteiger partial charge on any atom is -0.316 e. The zero-order valence-corrected chi connectivity index (χ0v) is 13.1. The summed E-state index contributed by atoms with van der Waals surface area (Å²) in [6.45, 7) is 8.54. The molecule has 1 aromatic rings. The van der Waals surface area contributed by atoms with Gasteiger partial charge >= 0.3 is 0 Å². The molecular formula is C15H23BrFN. The molecule has 18 heavy (non-hydrogen) atoms. The van der Waals surface area contributed by atoms with E-state index in [-0.39, 0.29) is 11.2 Å². The lowest BCUT2D eigenvalue weighted by molar-refractivity contribution is 0.277. The highest BCUT2D eigenvalue weighted by Crippen LogP contribution is 2.31. The molecule has 0 fully saturated rings. The monoisotopic (exact) mass is 315 g/mol. The van der Waals surface area contributed by atoms with Gasteiger partial charge in [-0.25, -0.2) is 4.39 Å².